The van der Waals surface area contributed by atoms with Crippen LogP contribution in [0.15, 0.2) is 6.20 Å². The topological polar surface area (TPSA) is 42.1 Å². The van der Waals surface area contributed by atoms with Crippen LogP contribution < -0.4 is 5.73 Å². The third-order valence-corrected chi connectivity index (χ3v) is 2.43. The van der Waals surface area contributed by atoms with Crippen molar-refractivity contribution < 1.29 is 0 Å². The molecule has 0 amide bonds. The van der Waals surface area contributed by atoms with Crippen LogP contribution in [0.25, 0.3) is 6.08 Å². The number of nitrogens with two attached hydrogens (primary N) is 1. The van der Waals surface area contributed by atoms with Gasteiger partial charge in [0.15, 0.2) is 5.13 Å². The van der Waals surface area contributed by atoms with Gasteiger partial charge in [-0.15, -0.1) is 0 Å². The quantitative estimate of drug-likeness (QED) is 0.631. The third kappa shape index (κ3) is 1.09. The molecule has 1 radical (unpaired) electrons. The minimum Gasteiger partial charge on any atom is -0.375 e. The minimum atomic E-state index is 0.634. The number of thiazole rings is 1. The Morgan fingerprint density at radius 2 is 2.55 bits per heavy atom. The molecule has 2 heterocycles. The fraction of sp³-hybridized carbons (Fsp3) is 0.143. The Balaban J connectivity index is 2.44. The molecule has 0 aromatic carbocycles. The monoisotopic (exact) mass is 166 g/mol. The van der Waals surface area contributed by atoms with Crippen LogP contribution in [0.2, 0.25) is 0 Å². The molecule has 0 saturated heterocycles. The molecule has 11 heavy (non-hydrogen) atoms. The fourth-order valence-electron chi connectivity index (χ4n) is 1.04. The number of nitrogens with zero attached hydrogens (tertiary/aromatic N) is 2. The van der Waals surface area contributed by atoms with Gasteiger partial charge >= 0.3 is 0 Å². The summed E-state index contributed by atoms with van der Waals surface area (Å²) in [7, 11) is 3.78. The van der Waals surface area contributed by atoms with Crippen molar-refractivity contribution in [2.24, 2.45) is 0 Å². The molecule has 1 aromatic rings. The van der Waals surface area contributed by atoms with Gasteiger partial charge in [0.25, 0.3) is 0 Å². The highest BCUT2D eigenvalue weighted by Gasteiger charge is 2.11. The van der Waals surface area contributed by atoms with Crippen LogP contribution in [0, 0.1) is 7.05 Å². The molecule has 4 heteroatoms. The third-order valence-electron chi connectivity index (χ3n) is 1.53. The normalized spacial score (nSPS) is 15.2. The summed E-state index contributed by atoms with van der Waals surface area (Å²) in [6.07, 6.45) is 3.92. The van der Waals surface area contributed by atoms with Gasteiger partial charge in [0, 0.05) is 13.2 Å². The van der Waals surface area contributed by atoms with E-state index in [9.17, 15) is 0 Å². The van der Waals surface area contributed by atoms with E-state index < -0.39 is 0 Å². The van der Waals surface area contributed by atoms with Gasteiger partial charge < -0.3 is 10.6 Å². The maximum atomic E-state index is 5.54. The van der Waals surface area contributed by atoms with Crippen molar-refractivity contribution in [1.82, 2.24) is 9.88 Å². The molecule has 1 aliphatic heterocycles. The molecule has 1 aromatic heterocycles. The first-order chi connectivity index (χ1) is 5.25. The van der Waals surface area contributed by atoms with Gasteiger partial charge in [-0.05, 0) is 6.08 Å². The number of nitrogen functional groups attached to an aromatic ring is 1. The van der Waals surface area contributed by atoms with E-state index in [2.05, 4.69) is 12.0 Å². The molecule has 0 aliphatic carbocycles. The zero-order valence-electron chi connectivity index (χ0n) is 5.95. The highest BCUT2D eigenvalue weighted by Crippen LogP contribution is 2.26. The van der Waals surface area contributed by atoms with Gasteiger partial charge in [-0.2, -0.15) is 0 Å². The second-order valence-corrected chi connectivity index (χ2v) is 3.49. The van der Waals surface area contributed by atoms with Crippen molar-refractivity contribution in [3.63, 3.8) is 0 Å². The molecule has 0 atom stereocenters. The van der Waals surface area contributed by atoms with Crippen LogP contribution in [0.1, 0.15) is 10.6 Å². The van der Waals surface area contributed by atoms with Crippen LogP contribution in [-0.2, 0) is 6.54 Å². The van der Waals surface area contributed by atoms with Crippen LogP contribution >= 0.6 is 11.3 Å². The molecular formula is C7H8N3S. The summed E-state index contributed by atoms with van der Waals surface area (Å²) in [5, 5.41) is 0.634. The Morgan fingerprint density at radius 1 is 1.73 bits per heavy atom. The molecule has 2 rings (SSSR count). The average molecular weight is 166 g/mol. The molecule has 0 unspecified atom stereocenters. The molecule has 0 fully saturated rings. The van der Waals surface area contributed by atoms with E-state index in [1.807, 2.05) is 17.2 Å². The standard InChI is InChI=1S/C7H8N3S/c1-10-3-2-6-5(4-10)9-7(8)11-6/h2-3H,1,4H2,(H2,8,9). The first-order valence-corrected chi connectivity index (χ1v) is 4.08. The minimum absolute atomic E-state index is 0.634. The van der Waals surface area contributed by atoms with Gasteiger partial charge in [0.05, 0.1) is 17.1 Å². The summed E-state index contributed by atoms with van der Waals surface area (Å²) in [5.41, 5.74) is 6.57. The van der Waals surface area contributed by atoms with Crippen LogP contribution in [0.5, 0.6) is 0 Å². The Bertz CT molecular complexity index is 303. The number of fused-ring (bicyclic) bond motifs is 1. The van der Waals surface area contributed by atoms with E-state index in [1.165, 1.54) is 11.3 Å². The number of anilines is 1. The molecular weight excluding hydrogens is 158 g/mol. The second kappa shape index (κ2) is 2.23. The lowest BCUT2D eigenvalue weighted by Crippen LogP contribution is -2.11. The van der Waals surface area contributed by atoms with Crippen molar-refractivity contribution in [2.75, 3.05) is 5.73 Å². The van der Waals surface area contributed by atoms with Gasteiger partial charge in [-0.1, -0.05) is 11.3 Å². The molecule has 0 bridgehead atoms. The van der Waals surface area contributed by atoms with Crippen LogP contribution in [0.3, 0.4) is 0 Å². The lowest BCUT2D eigenvalue weighted by Gasteiger charge is -2.15. The van der Waals surface area contributed by atoms with Crippen LogP contribution in [0.4, 0.5) is 5.13 Å². The van der Waals surface area contributed by atoms with Gasteiger partial charge in [0.1, 0.15) is 0 Å². The zero-order chi connectivity index (χ0) is 7.84. The molecule has 57 valence electrons. The second-order valence-electron chi connectivity index (χ2n) is 2.43. The summed E-state index contributed by atoms with van der Waals surface area (Å²) in [4.78, 5) is 7.15. The summed E-state index contributed by atoms with van der Waals surface area (Å²) < 4.78 is 0. The van der Waals surface area contributed by atoms with Gasteiger partial charge in [-0.25, -0.2) is 4.98 Å². The van der Waals surface area contributed by atoms with E-state index in [0.29, 0.717) is 5.13 Å². The first-order valence-electron chi connectivity index (χ1n) is 3.26. The zero-order valence-corrected chi connectivity index (χ0v) is 6.77. The van der Waals surface area contributed by atoms with Crippen molar-refractivity contribution >= 4 is 22.5 Å². The highest BCUT2D eigenvalue weighted by molar-refractivity contribution is 7.16. The molecule has 3 nitrogen and oxygen atoms in total. The smallest absolute Gasteiger partial charge is 0.180 e. The van der Waals surface area contributed by atoms with E-state index in [4.69, 9.17) is 5.73 Å². The predicted octanol–water partition coefficient (Wildman–Crippen LogP) is 1.30. The Labute approximate surface area is 69.2 Å². The Kier molecular flexibility index (Phi) is 1.35. The summed E-state index contributed by atoms with van der Waals surface area (Å²) >= 11 is 1.52. The fourth-order valence-corrected chi connectivity index (χ4v) is 1.78. The van der Waals surface area contributed by atoms with Gasteiger partial charge in [0.2, 0.25) is 0 Å². The first kappa shape index (κ1) is 6.67. The highest BCUT2D eigenvalue weighted by atomic mass is 32.1. The lowest BCUT2D eigenvalue weighted by molar-refractivity contribution is 0.485. The molecule has 0 spiro atoms. The van der Waals surface area contributed by atoms with Crippen LogP contribution in [-0.4, -0.2) is 9.88 Å². The van der Waals surface area contributed by atoms with Crippen molar-refractivity contribution in [3.05, 3.63) is 23.8 Å². The number of hydrogen-bond donors (Lipinski definition) is 1. The molecule has 1 aliphatic rings. The SMILES string of the molecule is [CH2]N1C=Cc2sc(N)nc2C1. The molecule has 2 N–H and O–H groups in total. The summed E-state index contributed by atoms with van der Waals surface area (Å²) in [6.45, 7) is 0.763. The lowest BCUT2D eigenvalue weighted by atomic mass is 10.3. The largest absolute Gasteiger partial charge is 0.375 e. The van der Waals surface area contributed by atoms with E-state index in [1.54, 1.807) is 0 Å². The maximum Gasteiger partial charge on any atom is 0.180 e. The van der Waals surface area contributed by atoms with E-state index in [0.717, 1.165) is 17.1 Å². The van der Waals surface area contributed by atoms with Gasteiger partial charge in [-0.3, -0.25) is 0 Å². The van der Waals surface area contributed by atoms with Crippen molar-refractivity contribution in [1.29, 1.82) is 0 Å². The maximum absolute atomic E-state index is 5.54. The summed E-state index contributed by atoms with van der Waals surface area (Å²) in [5.74, 6) is 0. The predicted molar refractivity (Wildman–Crippen MR) is 46.5 cm³/mol. The number of aromatic nitrogens is 1. The van der Waals surface area contributed by atoms with E-state index in [-0.39, 0.29) is 0 Å². The Morgan fingerprint density at radius 3 is 3.36 bits per heavy atom. The molecule has 0 saturated carbocycles. The van der Waals surface area contributed by atoms with E-state index >= 15 is 0 Å². The summed E-state index contributed by atoms with van der Waals surface area (Å²) in [6, 6.07) is 0. The average Bonchev–Trinajstić information content (AvgIpc) is 2.27. The van der Waals surface area contributed by atoms with Crippen molar-refractivity contribution in [3.8, 4) is 0 Å². The number of hydrogen-bond acceptors (Lipinski definition) is 4. The van der Waals surface area contributed by atoms with Crippen molar-refractivity contribution in [2.45, 2.75) is 6.54 Å². The number of rotatable bonds is 0. The Hall–Kier alpha value is -1.03.